The van der Waals surface area contributed by atoms with Crippen molar-refractivity contribution in [1.82, 2.24) is 0 Å². The Morgan fingerprint density at radius 2 is 0.980 bits per heavy atom. The molecule has 0 saturated carbocycles. The topological polar surface area (TPSA) is 35.5 Å². The van der Waals surface area contributed by atoms with Gasteiger partial charge in [-0.25, -0.2) is 0 Å². The summed E-state index contributed by atoms with van der Waals surface area (Å²) in [6, 6.07) is 6.63. The molecular formula is C48H86O3. The minimum Gasteiger partial charge on any atom is -0.494 e. The predicted octanol–water partition coefficient (Wildman–Crippen LogP) is 16.1. The molecule has 0 aliphatic rings. The van der Waals surface area contributed by atoms with Crippen LogP contribution in [0.25, 0.3) is 6.08 Å². The fourth-order valence-corrected chi connectivity index (χ4v) is 6.84. The van der Waals surface area contributed by atoms with E-state index in [9.17, 15) is 4.79 Å². The third kappa shape index (κ3) is 32.4. The number of ether oxygens (including phenoxy) is 2. The molecule has 1 rings (SSSR count). The quantitative estimate of drug-likeness (QED) is 0.0389. The van der Waals surface area contributed by atoms with Gasteiger partial charge in [-0.15, -0.1) is 0 Å². The van der Waals surface area contributed by atoms with E-state index in [4.69, 9.17) is 9.47 Å². The molecule has 0 bridgehead atoms. The molecule has 3 heteroatoms. The van der Waals surface area contributed by atoms with E-state index in [1.54, 1.807) is 0 Å². The molecule has 0 aliphatic heterocycles. The molecule has 0 spiro atoms. The summed E-state index contributed by atoms with van der Waals surface area (Å²) in [6.45, 7) is 14.3. The van der Waals surface area contributed by atoms with Crippen LogP contribution >= 0.6 is 0 Å². The molecule has 0 unspecified atom stereocenters. The Labute approximate surface area is 319 Å². The van der Waals surface area contributed by atoms with Gasteiger partial charge in [0.2, 0.25) is 0 Å². The van der Waals surface area contributed by atoms with Crippen LogP contribution < -0.4 is 4.74 Å². The lowest BCUT2D eigenvalue weighted by Crippen LogP contribution is -2.05. The van der Waals surface area contributed by atoms with E-state index in [-0.39, 0.29) is 13.4 Å². The molecule has 0 fully saturated rings. The van der Waals surface area contributed by atoms with Crippen molar-refractivity contribution in [1.29, 1.82) is 0 Å². The molecule has 1 aromatic rings. The minimum absolute atomic E-state index is 0. The van der Waals surface area contributed by atoms with Crippen LogP contribution in [0.2, 0.25) is 0 Å². The van der Waals surface area contributed by atoms with Gasteiger partial charge in [-0.2, -0.15) is 0 Å². The van der Waals surface area contributed by atoms with E-state index in [2.05, 4.69) is 45.2 Å². The van der Waals surface area contributed by atoms with Crippen molar-refractivity contribution in [3.63, 3.8) is 0 Å². The highest BCUT2D eigenvalue weighted by Crippen LogP contribution is 2.22. The van der Waals surface area contributed by atoms with Gasteiger partial charge < -0.3 is 9.47 Å². The average molecular weight is 711 g/mol. The summed E-state index contributed by atoms with van der Waals surface area (Å²) in [5.74, 6) is 0.993. The highest BCUT2D eigenvalue weighted by molar-refractivity contribution is 5.69. The van der Waals surface area contributed by atoms with Gasteiger partial charge in [0.25, 0.3) is 0 Å². The summed E-state index contributed by atoms with van der Waals surface area (Å²) in [7, 11) is 0. The molecule has 0 aliphatic carbocycles. The first-order valence-corrected chi connectivity index (χ1v) is 21.8. The molecule has 0 amide bonds. The summed E-state index contributed by atoms with van der Waals surface area (Å²) in [6.07, 6.45) is 41.9. The molecule has 0 aromatic heterocycles. The number of benzene rings is 1. The highest BCUT2D eigenvalue weighted by atomic mass is 16.5. The normalized spacial score (nSPS) is 10.9. The number of carbonyl (C=O) groups is 1. The standard InChI is InChI=1S/C47H82O3.CH4/c1-5-8-10-12-16-22-28-34-43(4)35-29-23-18-14-20-26-32-38-49-46-41-44(7-3)40-45(42-46)36-30-24-19-15-21-27-33-39-50-47(48)37-31-25-17-13-11-9-6-2;/h7,40-42H,3-6,8-39H2,1-2H3;1H4. The van der Waals surface area contributed by atoms with E-state index in [0.29, 0.717) is 13.0 Å². The van der Waals surface area contributed by atoms with Gasteiger partial charge >= 0.3 is 5.97 Å². The zero-order chi connectivity index (χ0) is 36.2. The SMILES string of the molecule is C.C=Cc1cc(CCCCCCCCCOC(=O)CCCCCCCCC)cc(OCCCCCCCCCC(=C)CCCCCCCCC)c1. The lowest BCUT2D eigenvalue weighted by Gasteiger charge is -2.10. The third-order valence-corrected chi connectivity index (χ3v) is 10.2. The van der Waals surface area contributed by atoms with Crippen molar-refractivity contribution < 1.29 is 14.3 Å². The van der Waals surface area contributed by atoms with Gasteiger partial charge in [0.15, 0.2) is 0 Å². The maximum absolute atomic E-state index is 11.9. The molecule has 0 saturated heterocycles. The number of hydrogen-bond donors (Lipinski definition) is 0. The second kappa shape index (κ2) is 37.7. The predicted molar refractivity (Wildman–Crippen MR) is 227 cm³/mol. The number of hydrogen-bond acceptors (Lipinski definition) is 3. The van der Waals surface area contributed by atoms with Crippen molar-refractivity contribution in [2.45, 2.75) is 227 Å². The van der Waals surface area contributed by atoms with Gasteiger partial charge in [0, 0.05) is 6.42 Å². The molecule has 0 heterocycles. The molecule has 296 valence electrons. The van der Waals surface area contributed by atoms with Crippen molar-refractivity contribution in [3.8, 4) is 5.75 Å². The molecule has 1 aromatic carbocycles. The zero-order valence-electron chi connectivity index (χ0n) is 33.5. The van der Waals surface area contributed by atoms with E-state index in [1.165, 1.54) is 172 Å². The third-order valence-electron chi connectivity index (χ3n) is 10.2. The number of esters is 1. The van der Waals surface area contributed by atoms with Crippen LogP contribution in [0.15, 0.2) is 36.9 Å². The van der Waals surface area contributed by atoms with E-state index >= 15 is 0 Å². The number of aryl methyl sites for hydroxylation is 1. The monoisotopic (exact) mass is 711 g/mol. The van der Waals surface area contributed by atoms with Gasteiger partial charge in [-0.3, -0.25) is 4.79 Å². The second-order valence-corrected chi connectivity index (χ2v) is 15.1. The van der Waals surface area contributed by atoms with E-state index < -0.39 is 0 Å². The van der Waals surface area contributed by atoms with Crippen LogP contribution in [0.5, 0.6) is 5.75 Å². The maximum Gasteiger partial charge on any atom is 0.305 e. The highest BCUT2D eigenvalue weighted by Gasteiger charge is 2.04. The van der Waals surface area contributed by atoms with Crippen molar-refractivity contribution in [3.05, 3.63) is 48.1 Å². The largest absolute Gasteiger partial charge is 0.494 e. The van der Waals surface area contributed by atoms with Gasteiger partial charge in [0.05, 0.1) is 13.2 Å². The van der Waals surface area contributed by atoms with Gasteiger partial charge in [-0.1, -0.05) is 193 Å². The molecular weight excluding hydrogens is 625 g/mol. The van der Waals surface area contributed by atoms with Gasteiger partial charge in [0.1, 0.15) is 5.75 Å². The Kier molecular flexibility index (Phi) is 36.2. The first kappa shape index (κ1) is 49.0. The molecule has 0 N–H and O–H groups in total. The minimum atomic E-state index is -0.00405. The number of unbranched alkanes of at least 4 members (excludes halogenated alkanes) is 24. The molecule has 0 atom stereocenters. The Balaban J connectivity index is 0.0000250. The maximum atomic E-state index is 11.9. The van der Waals surface area contributed by atoms with Crippen LogP contribution in [0.3, 0.4) is 0 Å². The number of rotatable bonds is 38. The molecule has 51 heavy (non-hydrogen) atoms. The van der Waals surface area contributed by atoms with Gasteiger partial charge in [-0.05, 0) is 81.0 Å². The summed E-state index contributed by atoms with van der Waals surface area (Å²) in [5.41, 5.74) is 4.00. The van der Waals surface area contributed by atoms with Crippen LogP contribution in [-0.4, -0.2) is 19.2 Å². The first-order valence-electron chi connectivity index (χ1n) is 21.8. The second-order valence-electron chi connectivity index (χ2n) is 15.1. The molecule has 3 nitrogen and oxygen atoms in total. The number of allylic oxidation sites excluding steroid dienone is 1. The Morgan fingerprint density at radius 3 is 1.49 bits per heavy atom. The van der Waals surface area contributed by atoms with Crippen LogP contribution in [0.4, 0.5) is 0 Å². The summed E-state index contributed by atoms with van der Waals surface area (Å²) in [4.78, 5) is 11.9. The van der Waals surface area contributed by atoms with Crippen molar-refractivity contribution in [2.24, 2.45) is 0 Å². The fraction of sp³-hybridized carbons (Fsp3) is 0.771. The summed E-state index contributed by atoms with van der Waals surface area (Å²) < 4.78 is 11.6. The van der Waals surface area contributed by atoms with Crippen LogP contribution in [0.1, 0.15) is 231 Å². The van der Waals surface area contributed by atoms with E-state index in [0.717, 1.165) is 56.4 Å². The van der Waals surface area contributed by atoms with Crippen molar-refractivity contribution >= 4 is 12.0 Å². The Hall–Kier alpha value is -2.03. The average Bonchev–Trinajstić information content (AvgIpc) is 3.12. The first-order chi connectivity index (χ1) is 24.6. The lowest BCUT2D eigenvalue weighted by atomic mass is 10.0. The smallest absolute Gasteiger partial charge is 0.305 e. The lowest BCUT2D eigenvalue weighted by molar-refractivity contribution is -0.143. The molecule has 0 radical (unpaired) electrons. The van der Waals surface area contributed by atoms with E-state index in [1.807, 2.05) is 6.08 Å². The Bertz CT molecular complexity index is 866. The summed E-state index contributed by atoms with van der Waals surface area (Å²) in [5, 5.41) is 0. The van der Waals surface area contributed by atoms with Crippen LogP contribution in [-0.2, 0) is 16.0 Å². The van der Waals surface area contributed by atoms with Crippen LogP contribution in [0, 0.1) is 0 Å². The summed E-state index contributed by atoms with van der Waals surface area (Å²) >= 11 is 0. The number of carbonyl (C=O) groups excluding carboxylic acids is 1. The zero-order valence-corrected chi connectivity index (χ0v) is 33.5. The fourth-order valence-electron chi connectivity index (χ4n) is 6.84. The Morgan fingerprint density at radius 1 is 0.549 bits per heavy atom. The van der Waals surface area contributed by atoms with Crippen molar-refractivity contribution in [2.75, 3.05) is 13.2 Å².